The summed E-state index contributed by atoms with van der Waals surface area (Å²) in [6, 6.07) is 12.2. The predicted octanol–water partition coefficient (Wildman–Crippen LogP) is 4.41. The van der Waals surface area contributed by atoms with Crippen molar-refractivity contribution < 1.29 is 27.5 Å². The van der Waals surface area contributed by atoms with E-state index in [0.29, 0.717) is 49.9 Å². The number of piperidine rings is 1. The number of para-hydroxylation sites is 1. The minimum Gasteiger partial charge on any atom is -0.451 e. The minimum atomic E-state index is -1.00. The summed E-state index contributed by atoms with van der Waals surface area (Å²) in [4.78, 5) is 29.8. The van der Waals surface area contributed by atoms with Crippen LogP contribution in [0, 0.1) is 11.6 Å². The molecule has 2 amide bonds. The molecular weight excluding hydrogens is 430 g/mol. The molecule has 0 bridgehead atoms. The van der Waals surface area contributed by atoms with Gasteiger partial charge in [-0.15, -0.1) is 0 Å². The van der Waals surface area contributed by atoms with Gasteiger partial charge in [0.05, 0.1) is 6.04 Å². The molecule has 3 aliphatic heterocycles. The highest BCUT2D eigenvalue weighted by atomic mass is 19.1. The van der Waals surface area contributed by atoms with Crippen LogP contribution in [0.15, 0.2) is 52.9 Å². The van der Waals surface area contributed by atoms with Gasteiger partial charge in [-0.25, -0.2) is 8.78 Å². The van der Waals surface area contributed by atoms with Gasteiger partial charge in [0.1, 0.15) is 23.4 Å². The second-order valence-corrected chi connectivity index (χ2v) is 9.02. The van der Waals surface area contributed by atoms with Gasteiger partial charge < -0.3 is 19.0 Å². The van der Waals surface area contributed by atoms with Gasteiger partial charge in [0.15, 0.2) is 11.4 Å². The van der Waals surface area contributed by atoms with Crippen molar-refractivity contribution in [1.82, 2.24) is 9.80 Å². The van der Waals surface area contributed by atoms with Gasteiger partial charge in [-0.05, 0) is 42.7 Å². The maximum absolute atomic E-state index is 13.8. The first-order valence-electron chi connectivity index (χ1n) is 11.2. The SMILES string of the molecule is O=C(c1cc2ccccc2o1)N1CCC2(CC1)O[C@@H]1CC[C@@H](c3cc(F)cc(F)c3)N1C2=O. The Morgan fingerprint density at radius 3 is 2.45 bits per heavy atom. The van der Waals surface area contributed by atoms with Crippen molar-refractivity contribution in [3.63, 3.8) is 0 Å². The molecule has 1 spiro atoms. The number of carbonyl (C=O) groups excluding carboxylic acids is 2. The van der Waals surface area contributed by atoms with E-state index in [9.17, 15) is 18.4 Å². The molecule has 6 rings (SSSR count). The summed E-state index contributed by atoms with van der Waals surface area (Å²) in [5.74, 6) is -1.41. The van der Waals surface area contributed by atoms with E-state index in [-0.39, 0.29) is 17.6 Å². The number of ether oxygens (including phenoxy) is 1. The van der Waals surface area contributed by atoms with E-state index >= 15 is 0 Å². The van der Waals surface area contributed by atoms with Gasteiger partial charge >= 0.3 is 0 Å². The molecule has 0 N–H and O–H groups in total. The first-order valence-corrected chi connectivity index (χ1v) is 11.2. The van der Waals surface area contributed by atoms with Crippen LogP contribution in [0.25, 0.3) is 11.0 Å². The molecular formula is C25H22F2N2O4. The highest BCUT2D eigenvalue weighted by molar-refractivity contribution is 5.96. The first-order chi connectivity index (χ1) is 15.9. The Morgan fingerprint density at radius 1 is 1.00 bits per heavy atom. The van der Waals surface area contributed by atoms with Gasteiger partial charge in [-0.3, -0.25) is 9.59 Å². The van der Waals surface area contributed by atoms with Gasteiger partial charge in [0, 0.05) is 37.4 Å². The first kappa shape index (κ1) is 20.4. The van der Waals surface area contributed by atoms with Crippen LogP contribution in [-0.4, -0.2) is 46.5 Å². The van der Waals surface area contributed by atoms with Gasteiger partial charge in [-0.2, -0.15) is 0 Å². The fraction of sp³-hybridized carbons (Fsp3) is 0.360. The molecule has 2 atom stereocenters. The van der Waals surface area contributed by atoms with E-state index in [4.69, 9.17) is 9.15 Å². The number of hydrogen-bond acceptors (Lipinski definition) is 4. The number of likely N-dealkylation sites (tertiary alicyclic amines) is 1. The Bertz CT molecular complexity index is 1210. The zero-order chi connectivity index (χ0) is 22.7. The second-order valence-electron chi connectivity index (χ2n) is 9.02. The topological polar surface area (TPSA) is 63.0 Å². The third-order valence-corrected chi connectivity index (χ3v) is 7.08. The number of halogens is 2. The highest BCUT2D eigenvalue weighted by Crippen LogP contribution is 2.47. The van der Waals surface area contributed by atoms with Crippen molar-refractivity contribution in [3.8, 4) is 0 Å². The summed E-state index contributed by atoms with van der Waals surface area (Å²) >= 11 is 0. The van der Waals surface area contributed by atoms with Crippen LogP contribution < -0.4 is 0 Å². The molecule has 170 valence electrons. The fourth-order valence-electron chi connectivity index (χ4n) is 5.45. The maximum Gasteiger partial charge on any atom is 0.289 e. The lowest BCUT2D eigenvalue weighted by molar-refractivity contribution is -0.142. The van der Waals surface area contributed by atoms with Crippen molar-refractivity contribution in [1.29, 1.82) is 0 Å². The van der Waals surface area contributed by atoms with Crippen LogP contribution in [-0.2, 0) is 9.53 Å². The zero-order valence-corrected chi connectivity index (χ0v) is 17.8. The van der Waals surface area contributed by atoms with Crippen molar-refractivity contribution in [2.75, 3.05) is 13.1 Å². The summed E-state index contributed by atoms with van der Waals surface area (Å²) in [6.07, 6.45) is 1.53. The second kappa shape index (κ2) is 7.38. The third kappa shape index (κ3) is 3.23. The summed E-state index contributed by atoms with van der Waals surface area (Å²) < 4.78 is 39.5. The molecule has 0 aliphatic carbocycles. The molecule has 3 aromatic rings. The Kier molecular flexibility index (Phi) is 4.55. The van der Waals surface area contributed by atoms with Crippen LogP contribution in [0.2, 0.25) is 0 Å². The van der Waals surface area contributed by atoms with Crippen molar-refractivity contribution in [2.24, 2.45) is 0 Å². The molecule has 3 saturated heterocycles. The number of furan rings is 1. The fourth-order valence-corrected chi connectivity index (χ4v) is 5.45. The van der Waals surface area contributed by atoms with Crippen LogP contribution in [0.4, 0.5) is 8.78 Å². The summed E-state index contributed by atoms with van der Waals surface area (Å²) in [6.45, 7) is 0.725. The largest absolute Gasteiger partial charge is 0.451 e. The van der Waals surface area contributed by atoms with Gasteiger partial charge in [0.25, 0.3) is 11.8 Å². The number of rotatable bonds is 2. The van der Waals surface area contributed by atoms with Gasteiger partial charge in [0.2, 0.25) is 0 Å². The molecule has 6 nitrogen and oxygen atoms in total. The molecule has 8 heteroatoms. The number of amides is 2. The quantitative estimate of drug-likeness (QED) is 0.578. The predicted molar refractivity (Wildman–Crippen MR) is 114 cm³/mol. The lowest BCUT2D eigenvalue weighted by atomic mass is 9.89. The monoisotopic (exact) mass is 452 g/mol. The van der Waals surface area contributed by atoms with E-state index in [0.717, 1.165) is 11.5 Å². The molecule has 0 radical (unpaired) electrons. The number of hydrogen-bond donors (Lipinski definition) is 0. The standard InChI is InChI=1S/C25H22F2N2O4/c26-17-11-16(12-18(27)14-17)19-5-6-22-29(19)24(31)25(33-22)7-9-28(10-8-25)23(30)21-13-15-3-1-2-4-20(15)32-21/h1-4,11-14,19,22H,5-10H2/t19-,22+/m0/s1. The summed E-state index contributed by atoms with van der Waals surface area (Å²) in [7, 11) is 0. The highest BCUT2D eigenvalue weighted by Gasteiger charge is 2.58. The van der Waals surface area contributed by atoms with E-state index in [2.05, 4.69) is 0 Å². The molecule has 2 aromatic carbocycles. The lowest BCUT2D eigenvalue weighted by Crippen LogP contribution is -2.51. The Labute approximate surface area is 188 Å². The minimum absolute atomic E-state index is 0.157. The molecule has 3 aliphatic rings. The molecule has 0 saturated carbocycles. The van der Waals surface area contributed by atoms with E-state index in [1.807, 2.05) is 24.3 Å². The Hall–Kier alpha value is -3.26. The normalized spacial score (nSPS) is 24.1. The van der Waals surface area contributed by atoms with Crippen LogP contribution in [0.1, 0.15) is 47.8 Å². The number of nitrogens with zero attached hydrogens (tertiary/aromatic N) is 2. The average molecular weight is 452 g/mol. The number of fused-ring (bicyclic) bond motifs is 2. The smallest absolute Gasteiger partial charge is 0.289 e. The van der Waals surface area contributed by atoms with E-state index < -0.39 is 29.5 Å². The van der Waals surface area contributed by atoms with Crippen molar-refractivity contribution in [2.45, 2.75) is 43.6 Å². The van der Waals surface area contributed by atoms with Crippen LogP contribution >= 0.6 is 0 Å². The van der Waals surface area contributed by atoms with Crippen LogP contribution in [0.5, 0.6) is 0 Å². The van der Waals surface area contributed by atoms with Crippen molar-refractivity contribution >= 4 is 22.8 Å². The lowest BCUT2D eigenvalue weighted by Gasteiger charge is -2.37. The summed E-state index contributed by atoms with van der Waals surface area (Å²) in [5, 5.41) is 0.865. The molecule has 4 heterocycles. The van der Waals surface area contributed by atoms with E-state index in [1.165, 1.54) is 12.1 Å². The van der Waals surface area contributed by atoms with Crippen LogP contribution in [0.3, 0.4) is 0 Å². The van der Waals surface area contributed by atoms with Crippen molar-refractivity contribution in [3.05, 3.63) is 71.5 Å². The number of benzene rings is 2. The summed E-state index contributed by atoms with van der Waals surface area (Å²) in [5.41, 5.74) is 0.102. The van der Waals surface area contributed by atoms with Gasteiger partial charge in [-0.1, -0.05) is 18.2 Å². The molecule has 33 heavy (non-hydrogen) atoms. The average Bonchev–Trinajstić information content (AvgIpc) is 3.48. The maximum atomic E-state index is 13.8. The Morgan fingerprint density at radius 2 is 1.73 bits per heavy atom. The Balaban J connectivity index is 1.18. The zero-order valence-electron chi connectivity index (χ0n) is 17.8. The molecule has 1 aromatic heterocycles. The number of carbonyl (C=O) groups is 2. The molecule has 3 fully saturated rings. The third-order valence-electron chi connectivity index (χ3n) is 7.08. The molecule has 0 unspecified atom stereocenters. The van der Waals surface area contributed by atoms with E-state index in [1.54, 1.807) is 15.9 Å².